The first-order valence-corrected chi connectivity index (χ1v) is 4.60. The van der Waals surface area contributed by atoms with E-state index in [9.17, 15) is 4.79 Å². The number of nitrogens with zero attached hydrogens (tertiary/aromatic N) is 1. The van der Waals surface area contributed by atoms with Gasteiger partial charge in [0.1, 0.15) is 0 Å². The largest absolute Gasteiger partial charge is 0.392 e. The molecular weight excluding hydrogens is 192 g/mol. The zero-order valence-electron chi connectivity index (χ0n) is 8.40. The highest BCUT2D eigenvalue weighted by Gasteiger charge is 2.06. The van der Waals surface area contributed by atoms with Crippen LogP contribution in [0.25, 0.3) is 0 Å². The summed E-state index contributed by atoms with van der Waals surface area (Å²) in [4.78, 5) is 11.5. The molecule has 0 aliphatic heterocycles. The van der Waals surface area contributed by atoms with Gasteiger partial charge in [0.05, 0.1) is 17.7 Å². The van der Waals surface area contributed by atoms with Crippen LogP contribution in [0.4, 0.5) is 0 Å². The lowest BCUT2D eigenvalue weighted by Gasteiger charge is -2.06. The molecular formula is C11H12N2O2. The van der Waals surface area contributed by atoms with Crippen LogP contribution in [0, 0.1) is 11.3 Å². The molecule has 0 aliphatic carbocycles. The van der Waals surface area contributed by atoms with Gasteiger partial charge in [-0.15, -0.1) is 0 Å². The molecule has 78 valence electrons. The molecule has 2 N–H and O–H groups in total. The van der Waals surface area contributed by atoms with Crippen molar-refractivity contribution in [2.75, 3.05) is 6.54 Å². The molecule has 0 heterocycles. The van der Waals surface area contributed by atoms with Crippen LogP contribution in [0.2, 0.25) is 0 Å². The van der Waals surface area contributed by atoms with Crippen molar-refractivity contribution in [3.8, 4) is 6.07 Å². The summed E-state index contributed by atoms with van der Waals surface area (Å²) in [7, 11) is 0. The minimum absolute atomic E-state index is 0.204. The SMILES string of the molecule is CC(O)CNC(=O)c1cccc(C#N)c1. The van der Waals surface area contributed by atoms with Crippen LogP contribution in [0.15, 0.2) is 24.3 Å². The number of rotatable bonds is 3. The van der Waals surface area contributed by atoms with Crippen LogP contribution in [0.5, 0.6) is 0 Å². The van der Waals surface area contributed by atoms with Crippen molar-refractivity contribution < 1.29 is 9.90 Å². The van der Waals surface area contributed by atoms with Crippen LogP contribution in [-0.2, 0) is 0 Å². The van der Waals surface area contributed by atoms with Crippen LogP contribution in [0.1, 0.15) is 22.8 Å². The molecule has 15 heavy (non-hydrogen) atoms. The van der Waals surface area contributed by atoms with Gasteiger partial charge in [0.25, 0.3) is 5.91 Å². The van der Waals surface area contributed by atoms with Gasteiger partial charge in [-0.05, 0) is 25.1 Å². The first-order valence-electron chi connectivity index (χ1n) is 4.60. The Kier molecular flexibility index (Phi) is 3.83. The Balaban J connectivity index is 2.70. The first-order chi connectivity index (χ1) is 7.13. The highest BCUT2D eigenvalue weighted by atomic mass is 16.3. The average Bonchev–Trinajstić information content (AvgIpc) is 2.26. The second-order valence-electron chi connectivity index (χ2n) is 3.25. The van der Waals surface area contributed by atoms with Gasteiger partial charge >= 0.3 is 0 Å². The number of aliphatic hydroxyl groups excluding tert-OH is 1. The van der Waals surface area contributed by atoms with Crippen molar-refractivity contribution in [2.45, 2.75) is 13.0 Å². The van der Waals surface area contributed by atoms with Crippen LogP contribution in [0.3, 0.4) is 0 Å². The Morgan fingerprint density at radius 2 is 2.40 bits per heavy atom. The Morgan fingerprint density at radius 3 is 3.00 bits per heavy atom. The minimum Gasteiger partial charge on any atom is -0.392 e. The van der Waals surface area contributed by atoms with E-state index in [0.29, 0.717) is 11.1 Å². The van der Waals surface area contributed by atoms with Gasteiger partial charge in [-0.25, -0.2) is 0 Å². The standard InChI is InChI=1S/C11H12N2O2/c1-8(14)7-13-11(15)10-4-2-3-9(5-10)6-12/h2-5,8,14H,7H2,1H3,(H,13,15). The van der Waals surface area contributed by atoms with E-state index >= 15 is 0 Å². The molecule has 1 rings (SSSR count). The van der Waals surface area contributed by atoms with Crippen molar-refractivity contribution in [1.29, 1.82) is 5.26 Å². The maximum Gasteiger partial charge on any atom is 0.251 e. The van der Waals surface area contributed by atoms with Crippen molar-refractivity contribution in [3.63, 3.8) is 0 Å². The predicted molar refractivity (Wildman–Crippen MR) is 55.2 cm³/mol. The second kappa shape index (κ2) is 5.13. The molecule has 1 aromatic rings. The van der Waals surface area contributed by atoms with Gasteiger partial charge in [0.2, 0.25) is 0 Å². The molecule has 0 aromatic heterocycles. The zero-order chi connectivity index (χ0) is 11.3. The summed E-state index contributed by atoms with van der Waals surface area (Å²) in [6.07, 6.45) is -0.576. The third kappa shape index (κ3) is 3.41. The van der Waals surface area contributed by atoms with Gasteiger partial charge in [0, 0.05) is 12.1 Å². The molecule has 0 radical (unpaired) electrons. The van der Waals surface area contributed by atoms with E-state index in [0.717, 1.165) is 0 Å². The van der Waals surface area contributed by atoms with E-state index in [1.807, 2.05) is 6.07 Å². The van der Waals surface area contributed by atoms with E-state index in [-0.39, 0.29) is 12.5 Å². The number of amides is 1. The molecule has 0 saturated carbocycles. The van der Waals surface area contributed by atoms with Crippen molar-refractivity contribution >= 4 is 5.91 Å². The molecule has 1 amide bonds. The van der Waals surface area contributed by atoms with E-state index < -0.39 is 6.10 Å². The third-order valence-corrected chi connectivity index (χ3v) is 1.81. The van der Waals surface area contributed by atoms with Crippen LogP contribution >= 0.6 is 0 Å². The first kappa shape index (κ1) is 11.2. The van der Waals surface area contributed by atoms with E-state index in [1.165, 1.54) is 6.07 Å². The fraction of sp³-hybridized carbons (Fsp3) is 0.273. The highest BCUT2D eigenvalue weighted by molar-refractivity contribution is 5.94. The quantitative estimate of drug-likeness (QED) is 0.760. The fourth-order valence-electron chi connectivity index (χ4n) is 1.07. The molecule has 1 aromatic carbocycles. The van der Waals surface area contributed by atoms with E-state index in [2.05, 4.69) is 5.32 Å². The number of hydrogen-bond acceptors (Lipinski definition) is 3. The molecule has 0 bridgehead atoms. The normalized spacial score (nSPS) is 11.5. The van der Waals surface area contributed by atoms with Crippen LogP contribution < -0.4 is 5.32 Å². The van der Waals surface area contributed by atoms with Crippen molar-refractivity contribution in [2.24, 2.45) is 0 Å². The maximum atomic E-state index is 11.5. The smallest absolute Gasteiger partial charge is 0.251 e. The van der Waals surface area contributed by atoms with Crippen molar-refractivity contribution in [1.82, 2.24) is 5.32 Å². The summed E-state index contributed by atoms with van der Waals surface area (Å²) in [5.41, 5.74) is 0.870. The number of nitrogens with one attached hydrogen (secondary N) is 1. The van der Waals surface area contributed by atoms with Gasteiger partial charge < -0.3 is 10.4 Å². The Bertz CT molecular complexity index is 394. The van der Waals surface area contributed by atoms with E-state index in [1.54, 1.807) is 25.1 Å². The van der Waals surface area contributed by atoms with Crippen LogP contribution in [-0.4, -0.2) is 23.7 Å². The number of benzene rings is 1. The minimum atomic E-state index is -0.576. The molecule has 1 unspecified atom stereocenters. The molecule has 1 atom stereocenters. The molecule has 4 nitrogen and oxygen atoms in total. The Morgan fingerprint density at radius 1 is 1.67 bits per heavy atom. The maximum absolute atomic E-state index is 11.5. The molecule has 0 fully saturated rings. The fourth-order valence-corrected chi connectivity index (χ4v) is 1.07. The summed E-state index contributed by atoms with van der Waals surface area (Å²) in [6.45, 7) is 1.79. The highest BCUT2D eigenvalue weighted by Crippen LogP contribution is 2.03. The molecule has 0 aliphatic rings. The lowest BCUT2D eigenvalue weighted by Crippen LogP contribution is -2.30. The summed E-state index contributed by atoms with van der Waals surface area (Å²) in [5.74, 6) is -0.284. The molecule has 0 saturated heterocycles. The molecule has 0 spiro atoms. The lowest BCUT2D eigenvalue weighted by molar-refractivity contribution is 0.0924. The Hall–Kier alpha value is -1.86. The van der Waals surface area contributed by atoms with Gasteiger partial charge in [-0.1, -0.05) is 6.07 Å². The van der Waals surface area contributed by atoms with Gasteiger partial charge in [-0.3, -0.25) is 4.79 Å². The monoisotopic (exact) mass is 204 g/mol. The lowest BCUT2D eigenvalue weighted by atomic mass is 10.1. The summed E-state index contributed by atoms with van der Waals surface area (Å²) in [5, 5.41) is 20.2. The zero-order valence-corrected chi connectivity index (χ0v) is 8.40. The summed E-state index contributed by atoms with van der Waals surface area (Å²) >= 11 is 0. The Labute approximate surface area is 88.2 Å². The number of carbonyl (C=O) groups is 1. The van der Waals surface area contributed by atoms with Gasteiger partial charge in [0.15, 0.2) is 0 Å². The summed E-state index contributed by atoms with van der Waals surface area (Å²) in [6, 6.07) is 8.37. The average molecular weight is 204 g/mol. The van der Waals surface area contributed by atoms with Crippen molar-refractivity contribution in [3.05, 3.63) is 35.4 Å². The molecule has 4 heteroatoms. The third-order valence-electron chi connectivity index (χ3n) is 1.81. The predicted octanol–water partition coefficient (Wildman–Crippen LogP) is 0.669. The number of nitriles is 1. The second-order valence-corrected chi connectivity index (χ2v) is 3.25. The topological polar surface area (TPSA) is 73.1 Å². The number of aliphatic hydroxyl groups is 1. The number of carbonyl (C=O) groups excluding carboxylic acids is 1. The number of hydrogen-bond donors (Lipinski definition) is 2. The van der Waals surface area contributed by atoms with Gasteiger partial charge in [-0.2, -0.15) is 5.26 Å². The van der Waals surface area contributed by atoms with E-state index in [4.69, 9.17) is 10.4 Å². The summed E-state index contributed by atoms with van der Waals surface area (Å²) < 4.78 is 0.